The second kappa shape index (κ2) is 6.91. The highest BCUT2D eigenvalue weighted by Gasteiger charge is 2.18. The Morgan fingerprint density at radius 3 is 2.54 bits per heavy atom. The second-order valence-electron chi connectivity index (χ2n) is 5.57. The molecule has 3 aromatic rings. The Hall–Kier alpha value is -3.92. The molecule has 0 saturated carbocycles. The van der Waals surface area contributed by atoms with Crippen LogP contribution in [0.2, 0.25) is 0 Å². The van der Waals surface area contributed by atoms with E-state index in [1.54, 1.807) is 0 Å². The first-order valence-corrected chi connectivity index (χ1v) is 7.60. The van der Waals surface area contributed by atoms with Crippen molar-refractivity contribution in [1.82, 2.24) is 5.16 Å². The number of hydrogen-bond donors (Lipinski definition) is 2. The molecule has 0 spiro atoms. The number of carbonyl (C=O) groups excluding carboxylic acids is 1. The van der Waals surface area contributed by atoms with Crippen molar-refractivity contribution in [2.45, 2.75) is 6.92 Å². The summed E-state index contributed by atoms with van der Waals surface area (Å²) in [5.41, 5.74) is 1.95. The van der Waals surface area contributed by atoms with E-state index in [0.29, 0.717) is 5.76 Å². The molecule has 1 heterocycles. The first-order chi connectivity index (χ1) is 12.5. The van der Waals surface area contributed by atoms with Gasteiger partial charge in [0.2, 0.25) is 0 Å². The molecule has 0 unspecified atom stereocenters. The minimum Gasteiger partial charge on any atom is -0.478 e. The first kappa shape index (κ1) is 16.9. The Kier molecular flexibility index (Phi) is 4.50. The molecule has 0 aliphatic heterocycles. The fraction of sp³-hybridized carbons (Fsp3) is 0.0526. The van der Waals surface area contributed by atoms with Crippen molar-refractivity contribution in [3.05, 3.63) is 70.9 Å². The monoisotopic (exact) mass is 347 g/mol. The van der Waals surface area contributed by atoms with Gasteiger partial charge in [-0.15, -0.1) is 0 Å². The largest absolute Gasteiger partial charge is 0.478 e. The Balaban J connectivity index is 1.84. The van der Waals surface area contributed by atoms with E-state index >= 15 is 0 Å². The second-order valence-corrected chi connectivity index (χ2v) is 5.57. The Labute approximate surface area is 148 Å². The highest BCUT2D eigenvalue weighted by molar-refractivity contribution is 6.07. The van der Waals surface area contributed by atoms with E-state index in [1.165, 1.54) is 24.3 Å². The topological polar surface area (TPSA) is 116 Å². The molecule has 2 aromatic carbocycles. The van der Waals surface area contributed by atoms with Gasteiger partial charge in [-0.05, 0) is 25.1 Å². The summed E-state index contributed by atoms with van der Waals surface area (Å²) in [6.07, 6.45) is 0. The standard InChI is InChI=1S/C19H13N3O4/c1-11-2-5-13(6-3-11)17-9-16(22-26-17)18(23)21-15-7-4-12(10-20)8-14(15)19(24)25/h2-9H,1H3,(H,21,23)(H,24,25). The van der Waals surface area contributed by atoms with Gasteiger partial charge in [0.15, 0.2) is 11.5 Å². The van der Waals surface area contributed by atoms with Crippen LogP contribution < -0.4 is 5.32 Å². The number of nitrogens with one attached hydrogen (secondary N) is 1. The van der Waals surface area contributed by atoms with Gasteiger partial charge in [0.25, 0.3) is 5.91 Å². The summed E-state index contributed by atoms with van der Waals surface area (Å²) in [5, 5.41) is 24.3. The summed E-state index contributed by atoms with van der Waals surface area (Å²) in [4.78, 5) is 23.7. The summed E-state index contributed by atoms with van der Waals surface area (Å²) in [6.45, 7) is 1.96. The zero-order valence-corrected chi connectivity index (χ0v) is 13.7. The van der Waals surface area contributed by atoms with Crippen LogP contribution in [0.15, 0.2) is 53.1 Å². The van der Waals surface area contributed by atoms with Crippen LogP contribution in [0.25, 0.3) is 11.3 Å². The number of aromatic nitrogens is 1. The quantitative estimate of drug-likeness (QED) is 0.746. The molecule has 0 saturated heterocycles. The molecule has 0 bridgehead atoms. The summed E-state index contributed by atoms with van der Waals surface area (Å²) in [7, 11) is 0. The average Bonchev–Trinajstić information content (AvgIpc) is 3.12. The fourth-order valence-corrected chi connectivity index (χ4v) is 2.32. The predicted octanol–water partition coefficient (Wildman–Crippen LogP) is 3.47. The van der Waals surface area contributed by atoms with Crippen molar-refractivity contribution in [3.63, 3.8) is 0 Å². The number of anilines is 1. The number of hydrogen-bond acceptors (Lipinski definition) is 5. The number of carboxylic acid groups (broad SMARTS) is 1. The molecule has 7 heteroatoms. The van der Waals surface area contributed by atoms with Crippen LogP contribution in [0.5, 0.6) is 0 Å². The molecule has 26 heavy (non-hydrogen) atoms. The molecule has 7 nitrogen and oxygen atoms in total. The normalized spacial score (nSPS) is 10.2. The van der Waals surface area contributed by atoms with E-state index in [0.717, 1.165) is 11.1 Å². The highest BCUT2D eigenvalue weighted by Crippen LogP contribution is 2.22. The number of benzene rings is 2. The van der Waals surface area contributed by atoms with Gasteiger partial charge in [0.1, 0.15) is 0 Å². The third kappa shape index (κ3) is 3.44. The predicted molar refractivity (Wildman–Crippen MR) is 92.7 cm³/mol. The maximum atomic E-state index is 12.4. The van der Waals surface area contributed by atoms with E-state index in [4.69, 9.17) is 9.78 Å². The maximum Gasteiger partial charge on any atom is 0.337 e. The smallest absolute Gasteiger partial charge is 0.337 e. The fourth-order valence-electron chi connectivity index (χ4n) is 2.32. The van der Waals surface area contributed by atoms with E-state index < -0.39 is 11.9 Å². The van der Waals surface area contributed by atoms with Crippen LogP contribution in [0.1, 0.15) is 32.0 Å². The molecule has 1 aromatic heterocycles. The third-order valence-corrected chi connectivity index (χ3v) is 3.71. The van der Waals surface area contributed by atoms with Crippen LogP contribution in [0, 0.1) is 18.3 Å². The average molecular weight is 347 g/mol. The lowest BCUT2D eigenvalue weighted by molar-refractivity contribution is 0.0698. The molecule has 1 amide bonds. The number of aryl methyl sites for hydroxylation is 1. The van der Waals surface area contributed by atoms with Gasteiger partial charge in [-0.2, -0.15) is 5.26 Å². The van der Waals surface area contributed by atoms with Crippen molar-refractivity contribution >= 4 is 17.6 Å². The zero-order chi connectivity index (χ0) is 18.7. The van der Waals surface area contributed by atoms with Crippen LogP contribution in [0.3, 0.4) is 0 Å². The lowest BCUT2D eigenvalue weighted by atomic mass is 10.1. The molecule has 0 fully saturated rings. The van der Waals surface area contributed by atoms with Gasteiger partial charge in [0, 0.05) is 11.6 Å². The van der Waals surface area contributed by atoms with Gasteiger partial charge in [-0.3, -0.25) is 4.79 Å². The lowest BCUT2D eigenvalue weighted by Gasteiger charge is -2.07. The number of amides is 1. The molecule has 0 aliphatic carbocycles. The molecular formula is C19H13N3O4. The number of nitriles is 1. The van der Waals surface area contributed by atoms with Gasteiger partial charge in [0.05, 0.1) is 22.9 Å². The molecule has 0 aliphatic rings. The molecule has 0 radical (unpaired) electrons. The van der Waals surface area contributed by atoms with E-state index in [9.17, 15) is 14.7 Å². The zero-order valence-electron chi connectivity index (χ0n) is 13.7. The molecule has 3 rings (SSSR count). The lowest BCUT2D eigenvalue weighted by Crippen LogP contribution is -2.15. The minimum absolute atomic E-state index is 0.0151. The molecule has 2 N–H and O–H groups in total. The third-order valence-electron chi connectivity index (χ3n) is 3.71. The summed E-state index contributed by atoms with van der Waals surface area (Å²) in [5.74, 6) is -1.44. The highest BCUT2D eigenvalue weighted by atomic mass is 16.5. The number of nitrogens with zero attached hydrogens (tertiary/aromatic N) is 2. The van der Waals surface area contributed by atoms with Gasteiger partial charge in [-0.25, -0.2) is 4.79 Å². The SMILES string of the molecule is Cc1ccc(-c2cc(C(=O)Nc3ccc(C#N)cc3C(=O)O)no2)cc1. The van der Waals surface area contributed by atoms with Crippen LogP contribution in [-0.2, 0) is 0 Å². The summed E-state index contributed by atoms with van der Waals surface area (Å²) >= 11 is 0. The Bertz CT molecular complexity index is 1030. The number of carbonyl (C=O) groups is 2. The minimum atomic E-state index is -1.25. The molecular weight excluding hydrogens is 334 g/mol. The van der Waals surface area contributed by atoms with Crippen molar-refractivity contribution in [3.8, 4) is 17.4 Å². The van der Waals surface area contributed by atoms with E-state index in [1.807, 2.05) is 37.3 Å². The van der Waals surface area contributed by atoms with Crippen molar-refractivity contribution in [2.24, 2.45) is 0 Å². The maximum absolute atomic E-state index is 12.4. The first-order valence-electron chi connectivity index (χ1n) is 7.60. The molecule has 0 atom stereocenters. The van der Waals surface area contributed by atoms with Crippen molar-refractivity contribution in [1.29, 1.82) is 5.26 Å². The Morgan fingerprint density at radius 1 is 1.15 bits per heavy atom. The number of carboxylic acids is 1. The van der Waals surface area contributed by atoms with Crippen molar-refractivity contribution < 1.29 is 19.2 Å². The van der Waals surface area contributed by atoms with Crippen LogP contribution in [0.4, 0.5) is 5.69 Å². The summed E-state index contributed by atoms with van der Waals surface area (Å²) in [6, 6.07) is 14.8. The number of aromatic carboxylic acids is 1. The van der Waals surface area contributed by atoms with Gasteiger partial charge < -0.3 is 14.9 Å². The number of rotatable bonds is 4. The van der Waals surface area contributed by atoms with Crippen molar-refractivity contribution in [2.75, 3.05) is 5.32 Å². The van der Waals surface area contributed by atoms with E-state index in [2.05, 4.69) is 10.5 Å². The molecule has 128 valence electrons. The Morgan fingerprint density at radius 2 is 1.88 bits per heavy atom. The van der Waals surface area contributed by atoms with Gasteiger partial charge >= 0.3 is 5.97 Å². The van der Waals surface area contributed by atoms with Crippen LogP contribution in [-0.4, -0.2) is 22.1 Å². The summed E-state index contributed by atoms with van der Waals surface area (Å²) < 4.78 is 5.19. The van der Waals surface area contributed by atoms with Crippen LogP contribution >= 0.6 is 0 Å². The van der Waals surface area contributed by atoms with E-state index in [-0.39, 0.29) is 22.5 Å². The van der Waals surface area contributed by atoms with Gasteiger partial charge in [-0.1, -0.05) is 35.0 Å².